The van der Waals surface area contributed by atoms with Gasteiger partial charge in [-0.25, -0.2) is 0 Å². The monoisotopic (exact) mass is 199 g/mol. The summed E-state index contributed by atoms with van der Waals surface area (Å²) in [6.07, 6.45) is 1.91. The van der Waals surface area contributed by atoms with Crippen molar-refractivity contribution in [2.45, 2.75) is 32.9 Å². The Kier molecular flexibility index (Phi) is 4.55. The Labute approximate surface area is 83.7 Å². The average Bonchev–Trinajstić information content (AvgIpc) is 2.58. The Hall–Kier alpha value is -0.940. The van der Waals surface area contributed by atoms with Crippen molar-refractivity contribution in [3.63, 3.8) is 0 Å². The summed E-state index contributed by atoms with van der Waals surface area (Å²) in [6.45, 7) is 3.34. The van der Waals surface area contributed by atoms with Crippen molar-refractivity contribution in [2.24, 2.45) is 0 Å². The smallest absolute Gasteiger partial charge is 0.158 e. The minimum absolute atomic E-state index is 0.0690. The molecular weight excluding hydrogens is 182 g/mol. The molecule has 5 nitrogen and oxygen atoms in total. The summed E-state index contributed by atoms with van der Waals surface area (Å²) in [4.78, 5) is 0. The van der Waals surface area contributed by atoms with E-state index >= 15 is 0 Å². The summed E-state index contributed by atoms with van der Waals surface area (Å²) in [7, 11) is 1.66. The standard InChI is InChI=1S/C9H17N3O2/c1-3-4-8-10-11-9(7-13)12(8)5-6-14-2/h13H,3-7H2,1-2H3. The highest BCUT2D eigenvalue weighted by Crippen LogP contribution is 2.04. The summed E-state index contributed by atoms with van der Waals surface area (Å²) >= 11 is 0. The van der Waals surface area contributed by atoms with Crippen molar-refractivity contribution in [1.29, 1.82) is 0 Å². The van der Waals surface area contributed by atoms with E-state index in [1.54, 1.807) is 7.11 Å². The predicted molar refractivity (Wildman–Crippen MR) is 51.8 cm³/mol. The summed E-state index contributed by atoms with van der Waals surface area (Å²) in [5.41, 5.74) is 0. The second-order valence-electron chi connectivity index (χ2n) is 3.09. The Morgan fingerprint density at radius 2 is 2.07 bits per heavy atom. The Balaban J connectivity index is 2.76. The van der Waals surface area contributed by atoms with Gasteiger partial charge in [0.05, 0.1) is 6.61 Å². The first-order valence-corrected chi connectivity index (χ1v) is 4.84. The third kappa shape index (κ3) is 2.52. The summed E-state index contributed by atoms with van der Waals surface area (Å²) in [5.74, 6) is 1.54. The zero-order valence-electron chi connectivity index (χ0n) is 8.73. The van der Waals surface area contributed by atoms with Crippen molar-refractivity contribution in [2.75, 3.05) is 13.7 Å². The molecule has 0 aliphatic carbocycles. The van der Waals surface area contributed by atoms with Gasteiger partial charge in [0.1, 0.15) is 12.4 Å². The Morgan fingerprint density at radius 3 is 2.64 bits per heavy atom. The van der Waals surface area contributed by atoms with Gasteiger partial charge in [0.2, 0.25) is 0 Å². The minimum Gasteiger partial charge on any atom is -0.388 e. The maximum Gasteiger partial charge on any atom is 0.158 e. The molecule has 0 aliphatic rings. The van der Waals surface area contributed by atoms with Gasteiger partial charge in [0.15, 0.2) is 5.82 Å². The van der Waals surface area contributed by atoms with E-state index in [2.05, 4.69) is 17.1 Å². The molecule has 0 unspecified atom stereocenters. The van der Waals surface area contributed by atoms with E-state index in [1.807, 2.05) is 4.57 Å². The lowest BCUT2D eigenvalue weighted by atomic mass is 10.3. The zero-order chi connectivity index (χ0) is 10.4. The van der Waals surface area contributed by atoms with Gasteiger partial charge in [-0.15, -0.1) is 10.2 Å². The number of rotatable bonds is 6. The van der Waals surface area contributed by atoms with Crippen LogP contribution in [-0.2, 0) is 24.3 Å². The van der Waals surface area contributed by atoms with Crippen LogP contribution in [0.3, 0.4) is 0 Å². The van der Waals surface area contributed by atoms with Crippen molar-refractivity contribution in [3.05, 3.63) is 11.6 Å². The number of nitrogens with zero attached hydrogens (tertiary/aromatic N) is 3. The van der Waals surface area contributed by atoms with E-state index < -0.39 is 0 Å². The van der Waals surface area contributed by atoms with E-state index in [0.717, 1.165) is 18.7 Å². The fourth-order valence-corrected chi connectivity index (χ4v) is 1.34. The van der Waals surface area contributed by atoms with E-state index in [-0.39, 0.29) is 6.61 Å². The first-order valence-electron chi connectivity index (χ1n) is 4.84. The van der Waals surface area contributed by atoms with E-state index in [1.165, 1.54) is 0 Å². The molecule has 80 valence electrons. The average molecular weight is 199 g/mol. The topological polar surface area (TPSA) is 60.2 Å². The van der Waals surface area contributed by atoms with E-state index in [9.17, 15) is 0 Å². The van der Waals surface area contributed by atoms with Crippen LogP contribution >= 0.6 is 0 Å². The molecular formula is C9H17N3O2. The Morgan fingerprint density at radius 1 is 1.36 bits per heavy atom. The first kappa shape index (κ1) is 11.1. The maximum absolute atomic E-state index is 9.04. The lowest BCUT2D eigenvalue weighted by Gasteiger charge is -2.07. The van der Waals surface area contributed by atoms with Crippen LogP contribution in [0.4, 0.5) is 0 Å². The summed E-state index contributed by atoms with van der Waals surface area (Å²) in [5, 5.41) is 17.0. The van der Waals surface area contributed by atoms with Gasteiger partial charge >= 0.3 is 0 Å². The quantitative estimate of drug-likeness (QED) is 0.719. The molecule has 0 atom stereocenters. The highest BCUT2D eigenvalue weighted by Gasteiger charge is 2.09. The second-order valence-corrected chi connectivity index (χ2v) is 3.09. The van der Waals surface area contributed by atoms with Gasteiger partial charge in [0, 0.05) is 20.1 Å². The molecule has 0 saturated heterocycles. The van der Waals surface area contributed by atoms with Gasteiger partial charge in [0.25, 0.3) is 0 Å². The number of hydrogen-bond donors (Lipinski definition) is 1. The summed E-state index contributed by atoms with van der Waals surface area (Å²) < 4.78 is 6.91. The number of methoxy groups -OCH3 is 1. The Bertz CT molecular complexity index is 273. The second kappa shape index (κ2) is 5.72. The molecule has 0 saturated carbocycles. The molecule has 0 spiro atoms. The number of aliphatic hydroxyl groups excluding tert-OH is 1. The number of ether oxygens (including phenoxy) is 1. The third-order valence-corrected chi connectivity index (χ3v) is 2.04. The minimum atomic E-state index is -0.0690. The van der Waals surface area contributed by atoms with Crippen LogP contribution in [-0.4, -0.2) is 33.6 Å². The lowest BCUT2D eigenvalue weighted by molar-refractivity contribution is 0.181. The lowest BCUT2D eigenvalue weighted by Crippen LogP contribution is -2.11. The molecule has 14 heavy (non-hydrogen) atoms. The van der Waals surface area contributed by atoms with E-state index in [0.29, 0.717) is 19.0 Å². The fraction of sp³-hybridized carbons (Fsp3) is 0.778. The highest BCUT2D eigenvalue weighted by atomic mass is 16.5. The number of aromatic nitrogens is 3. The number of aryl methyl sites for hydroxylation is 1. The fourth-order valence-electron chi connectivity index (χ4n) is 1.34. The van der Waals surface area contributed by atoms with Gasteiger partial charge in [-0.2, -0.15) is 0 Å². The molecule has 0 aromatic carbocycles. The van der Waals surface area contributed by atoms with Crippen molar-refractivity contribution in [1.82, 2.24) is 14.8 Å². The van der Waals surface area contributed by atoms with Crippen molar-refractivity contribution < 1.29 is 9.84 Å². The SMILES string of the molecule is CCCc1nnc(CO)n1CCOC. The van der Waals surface area contributed by atoms with Crippen LogP contribution in [0, 0.1) is 0 Å². The molecule has 5 heteroatoms. The molecule has 0 radical (unpaired) electrons. The molecule has 1 aromatic heterocycles. The highest BCUT2D eigenvalue weighted by molar-refractivity contribution is 4.95. The van der Waals surface area contributed by atoms with Gasteiger partial charge < -0.3 is 14.4 Å². The molecule has 0 aliphatic heterocycles. The first-order chi connectivity index (χ1) is 6.83. The third-order valence-electron chi connectivity index (χ3n) is 2.04. The molecule has 0 amide bonds. The molecule has 1 rings (SSSR count). The molecule has 1 aromatic rings. The maximum atomic E-state index is 9.04. The van der Waals surface area contributed by atoms with Gasteiger partial charge in [-0.3, -0.25) is 0 Å². The number of hydrogen-bond acceptors (Lipinski definition) is 4. The van der Waals surface area contributed by atoms with Crippen molar-refractivity contribution >= 4 is 0 Å². The van der Waals surface area contributed by atoms with Gasteiger partial charge in [-0.05, 0) is 6.42 Å². The van der Waals surface area contributed by atoms with Gasteiger partial charge in [-0.1, -0.05) is 6.92 Å². The van der Waals surface area contributed by atoms with Crippen LogP contribution < -0.4 is 0 Å². The zero-order valence-corrected chi connectivity index (χ0v) is 8.73. The van der Waals surface area contributed by atoms with Crippen molar-refractivity contribution in [3.8, 4) is 0 Å². The molecule has 0 fully saturated rings. The predicted octanol–water partition coefficient (Wildman–Crippen LogP) is 0.369. The van der Waals surface area contributed by atoms with Crippen LogP contribution in [0.5, 0.6) is 0 Å². The molecule has 0 bridgehead atoms. The van der Waals surface area contributed by atoms with Crippen LogP contribution in [0.2, 0.25) is 0 Å². The molecule has 1 N–H and O–H groups in total. The largest absolute Gasteiger partial charge is 0.388 e. The molecule has 1 heterocycles. The van der Waals surface area contributed by atoms with Crippen LogP contribution in [0.1, 0.15) is 25.0 Å². The number of aliphatic hydroxyl groups is 1. The summed E-state index contributed by atoms with van der Waals surface area (Å²) in [6, 6.07) is 0. The van der Waals surface area contributed by atoms with Crippen LogP contribution in [0.15, 0.2) is 0 Å². The van der Waals surface area contributed by atoms with E-state index in [4.69, 9.17) is 9.84 Å². The normalized spacial score (nSPS) is 10.8. The van der Waals surface area contributed by atoms with Crippen LogP contribution in [0.25, 0.3) is 0 Å².